The second-order valence-corrected chi connectivity index (χ2v) is 8.17. The first-order valence-electron chi connectivity index (χ1n) is 9.81. The molecule has 3 rings (SSSR count). The van der Waals surface area contributed by atoms with Crippen molar-refractivity contribution in [3.63, 3.8) is 0 Å². The Hall–Kier alpha value is -2.43. The number of carbonyl (C=O) groups excluding carboxylic acids is 1. The van der Waals surface area contributed by atoms with E-state index < -0.39 is 5.54 Å². The van der Waals surface area contributed by atoms with E-state index in [4.69, 9.17) is 4.74 Å². The van der Waals surface area contributed by atoms with E-state index in [-0.39, 0.29) is 12.0 Å². The molecule has 0 saturated carbocycles. The zero-order chi connectivity index (χ0) is 20.7. The molecule has 0 aliphatic carbocycles. The first-order valence-corrected chi connectivity index (χ1v) is 10.6. The molecule has 0 bridgehead atoms. The normalized spacial score (nSPS) is 13.1. The Morgan fingerprint density at radius 3 is 1.93 bits per heavy atom. The van der Waals surface area contributed by atoms with Gasteiger partial charge in [0.2, 0.25) is 0 Å². The molecule has 0 radical (unpaired) electrons. The van der Waals surface area contributed by atoms with Crippen LogP contribution in [0.2, 0.25) is 0 Å². The van der Waals surface area contributed by atoms with E-state index in [1.807, 2.05) is 74.5 Å². The fraction of sp³-hybridized carbons (Fsp3) is 0.240. The second-order valence-electron chi connectivity index (χ2n) is 7.25. The van der Waals surface area contributed by atoms with Crippen LogP contribution in [0.4, 0.5) is 0 Å². The lowest BCUT2D eigenvalue weighted by molar-refractivity contribution is -0.150. The van der Waals surface area contributed by atoms with Gasteiger partial charge in [-0.05, 0) is 42.7 Å². The number of halogens is 1. The monoisotopic (exact) mass is 451 g/mol. The zero-order valence-electron chi connectivity index (χ0n) is 16.8. The van der Waals surface area contributed by atoms with Crippen LogP contribution in [0, 0.1) is 0 Å². The van der Waals surface area contributed by atoms with Gasteiger partial charge >= 0.3 is 5.97 Å². The van der Waals surface area contributed by atoms with Gasteiger partial charge in [-0.1, -0.05) is 88.7 Å². The van der Waals surface area contributed by atoms with Gasteiger partial charge < -0.3 is 4.74 Å². The van der Waals surface area contributed by atoms with Crippen molar-refractivity contribution in [3.8, 4) is 0 Å². The summed E-state index contributed by atoms with van der Waals surface area (Å²) in [5.74, 6) is -0.250. The smallest absolute Gasteiger partial charge is 0.326 e. The number of benzene rings is 3. The van der Waals surface area contributed by atoms with Crippen molar-refractivity contribution in [2.45, 2.75) is 31.8 Å². The first kappa shape index (κ1) is 21.3. The Kier molecular flexibility index (Phi) is 7.24. The lowest BCUT2D eigenvalue weighted by Gasteiger charge is -2.34. The van der Waals surface area contributed by atoms with E-state index in [1.54, 1.807) is 0 Å². The minimum absolute atomic E-state index is 0.137. The van der Waals surface area contributed by atoms with E-state index in [1.165, 1.54) is 0 Å². The Morgan fingerprint density at radius 2 is 1.45 bits per heavy atom. The van der Waals surface area contributed by atoms with Crippen molar-refractivity contribution in [2.24, 2.45) is 0 Å². The number of hydrogen-bond acceptors (Lipinski definition) is 3. The van der Waals surface area contributed by atoms with Crippen LogP contribution in [0.1, 0.15) is 36.6 Å². The fourth-order valence-electron chi connectivity index (χ4n) is 3.45. The third-order valence-corrected chi connectivity index (χ3v) is 5.45. The minimum Gasteiger partial charge on any atom is -0.465 e. The molecule has 4 heteroatoms. The molecule has 0 amide bonds. The molecule has 0 aliphatic heterocycles. The van der Waals surface area contributed by atoms with E-state index in [0.29, 0.717) is 13.0 Å². The maximum atomic E-state index is 13.0. The van der Waals surface area contributed by atoms with Crippen LogP contribution >= 0.6 is 15.9 Å². The van der Waals surface area contributed by atoms with Gasteiger partial charge in [-0.15, -0.1) is 0 Å². The average Bonchev–Trinajstić information content (AvgIpc) is 2.75. The highest BCUT2D eigenvalue weighted by molar-refractivity contribution is 9.10. The number of hydrogen-bond donors (Lipinski definition) is 1. The molecule has 150 valence electrons. The van der Waals surface area contributed by atoms with Crippen LogP contribution < -0.4 is 5.32 Å². The molecule has 3 aromatic carbocycles. The summed E-state index contributed by atoms with van der Waals surface area (Å²) in [6.45, 7) is 4.10. The largest absolute Gasteiger partial charge is 0.465 e. The Labute approximate surface area is 181 Å². The molecule has 1 atom stereocenters. The summed E-state index contributed by atoms with van der Waals surface area (Å²) in [4.78, 5) is 13.0. The number of esters is 1. The molecule has 0 heterocycles. The van der Waals surface area contributed by atoms with Crippen molar-refractivity contribution in [2.75, 3.05) is 6.61 Å². The average molecular weight is 452 g/mol. The molecular formula is C25H26BrNO2. The van der Waals surface area contributed by atoms with Crippen LogP contribution in [0.25, 0.3) is 0 Å². The summed E-state index contributed by atoms with van der Waals surface area (Å²) in [6.07, 6.45) is 0.523. The van der Waals surface area contributed by atoms with Gasteiger partial charge in [0.25, 0.3) is 0 Å². The van der Waals surface area contributed by atoms with Crippen LogP contribution in [0.3, 0.4) is 0 Å². The van der Waals surface area contributed by atoms with Gasteiger partial charge in [-0.2, -0.15) is 0 Å². The maximum Gasteiger partial charge on any atom is 0.326 e. The highest BCUT2D eigenvalue weighted by Crippen LogP contribution is 2.27. The molecule has 3 aromatic rings. The molecule has 0 aromatic heterocycles. The Balaban J connectivity index is 1.98. The van der Waals surface area contributed by atoms with Gasteiger partial charge in [0.1, 0.15) is 5.54 Å². The van der Waals surface area contributed by atoms with Crippen molar-refractivity contribution in [1.82, 2.24) is 5.32 Å². The quantitative estimate of drug-likeness (QED) is 0.446. The van der Waals surface area contributed by atoms with Crippen LogP contribution in [0.5, 0.6) is 0 Å². The van der Waals surface area contributed by atoms with Crippen LogP contribution in [-0.4, -0.2) is 18.1 Å². The van der Waals surface area contributed by atoms with Gasteiger partial charge in [0.15, 0.2) is 0 Å². The lowest BCUT2D eigenvalue weighted by atomic mass is 9.89. The zero-order valence-corrected chi connectivity index (χ0v) is 18.4. The Bertz CT molecular complexity index is 873. The molecule has 0 aliphatic rings. The van der Waals surface area contributed by atoms with Crippen molar-refractivity contribution in [1.29, 1.82) is 0 Å². The standard InChI is InChI=1S/C25H26BrNO2/c1-3-29-24(28)25(2,18-19-14-16-22(26)17-15-19)27-23(20-10-6-4-7-11-20)21-12-8-5-9-13-21/h4-17,23,27H,3,18H2,1-2H3/t25-/m1/s1. The second kappa shape index (κ2) is 9.86. The number of nitrogens with one attached hydrogen (secondary N) is 1. The lowest BCUT2D eigenvalue weighted by Crippen LogP contribution is -2.53. The molecular weight excluding hydrogens is 426 g/mol. The third kappa shape index (κ3) is 5.55. The van der Waals surface area contributed by atoms with Gasteiger partial charge in [-0.3, -0.25) is 10.1 Å². The predicted octanol–water partition coefficient (Wildman–Crippen LogP) is 5.69. The van der Waals surface area contributed by atoms with Crippen molar-refractivity contribution in [3.05, 3.63) is 106 Å². The molecule has 0 unspecified atom stereocenters. The topological polar surface area (TPSA) is 38.3 Å². The van der Waals surface area contributed by atoms with Gasteiger partial charge in [0, 0.05) is 10.9 Å². The number of carbonyl (C=O) groups is 1. The van der Waals surface area contributed by atoms with Gasteiger partial charge in [0.05, 0.1) is 12.6 Å². The van der Waals surface area contributed by atoms with Crippen molar-refractivity contribution >= 4 is 21.9 Å². The molecule has 3 nitrogen and oxygen atoms in total. The predicted molar refractivity (Wildman–Crippen MR) is 121 cm³/mol. The summed E-state index contributed by atoms with van der Waals surface area (Å²) in [5, 5.41) is 3.62. The summed E-state index contributed by atoms with van der Waals surface area (Å²) in [7, 11) is 0. The summed E-state index contributed by atoms with van der Waals surface area (Å²) in [5.41, 5.74) is 2.38. The van der Waals surface area contributed by atoms with E-state index in [0.717, 1.165) is 21.2 Å². The van der Waals surface area contributed by atoms with E-state index >= 15 is 0 Å². The fourth-order valence-corrected chi connectivity index (χ4v) is 3.72. The highest BCUT2D eigenvalue weighted by Gasteiger charge is 2.37. The van der Waals surface area contributed by atoms with Crippen LogP contribution in [-0.2, 0) is 16.0 Å². The van der Waals surface area contributed by atoms with Gasteiger partial charge in [-0.25, -0.2) is 0 Å². The summed E-state index contributed by atoms with van der Waals surface area (Å²) < 4.78 is 6.48. The summed E-state index contributed by atoms with van der Waals surface area (Å²) >= 11 is 3.47. The SMILES string of the molecule is CCOC(=O)[C@@](C)(Cc1ccc(Br)cc1)NC(c1ccccc1)c1ccccc1. The third-order valence-electron chi connectivity index (χ3n) is 4.93. The highest BCUT2D eigenvalue weighted by atomic mass is 79.9. The maximum absolute atomic E-state index is 13.0. The molecule has 0 spiro atoms. The number of rotatable bonds is 8. The van der Waals surface area contributed by atoms with E-state index in [2.05, 4.69) is 45.5 Å². The summed E-state index contributed by atoms with van der Waals surface area (Å²) in [6, 6.07) is 28.3. The Morgan fingerprint density at radius 1 is 0.931 bits per heavy atom. The molecule has 1 N–H and O–H groups in total. The minimum atomic E-state index is -0.889. The molecule has 0 saturated heterocycles. The van der Waals surface area contributed by atoms with E-state index in [9.17, 15) is 4.79 Å². The molecule has 0 fully saturated rings. The van der Waals surface area contributed by atoms with Crippen LogP contribution in [0.15, 0.2) is 89.4 Å². The van der Waals surface area contributed by atoms with Crippen molar-refractivity contribution < 1.29 is 9.53 Å². The number of ether oxygens (including phenoxy) is 1. The first-order chi connectivity index (χ1) is 14.0. The molecule has 29 heavy (non-hydrogen) atoms.